The van der Waals surface area contributed by atoms with E-state index in [9.17, 15) is 0 Å². The van der Waals surface area contributed by atoms with Gasteiger partial charge in [0.15, 0.2) is 0 Å². The van der Waals surface area contributed by atoms with Crippen molar-refractivity contribution in [1.82, 2.24) is 0 Å². The summed E-state index contributed by atoms with van der Waals surface area (Å²) in [4.78, 5) is 1.20. The Labute approximate surface area is 95.7 Å². The molecule has 0 aliphatic heterocycles. The Kier molecular flexibility index (Phi) is 4.48. The first kappa shape index (κ1) is 12.4. The third kappa shape index (κ3) is 4.14. The fourth-order valence-corrected chi connectivity index (χ4v) is 2.39. The number of rotatable bonds is 5. The van der Waals surface area contributed by atoms with E-state index >= 15 is 0 Å². The second-order valence-electron chi connectivity index (χ2n) is 4.01. The van der Waals surface area contributed by atoms with E-state index in [-0.39, 0.29) is 11.4 Å². The number of benzene rings is 1. The first-order valence-electron chi connectivity index (χ1n) is 5.01. The lowest BCUT2D eigenvalue weighted by Crippen LogP contribution is -2.16. The molecule has 0 atom stereocenters. The van der Waals surface area contributed by atoms with Gasteiger partial charge in [0.25, 0.3) is 0 Å². The van der Waals surface area contributed by atoms with Crippen LogP contribution in [0.15, 0.2) is 29.2 Å². The number of methoxy groups -OCH3 is 1. The van der Waals surface area contributed by atoms with Gasteiger partial charge in [-0.1, -0.05) is 13.8 Å². The lowest BCUT2D eigenvalue weighted by Gasteiger charge is -2.22. The number of aliphatic hydroxyl groups excluding tert-OH is 1. The summed E-state index contributed by atoms with van der Waals surface area (Å²) in [6.07, 6.45) is 0.795. The molecule has 1 aromatic rings. The Morgan fingerprint density at radius 1 is 1.27 bits per heavy atom. The summed E-state index contributed by atoms with van der Waals surface area (Å²) < 4.78 is 5.17. The molecule has 0 saturated carbocycles. The van der Waals surface area contributed by atoms with Crippen molar-refractivity contribution in [3.63, 3.8) is 0 Å². The minimum atomic E-state index is 0.0728. The predicted molar refractivity (Wildman–Crippen MR) is 64.6 cm³/mol. The van der Waals surface area contributed by atoms with E-state index in [4.69, 9.17) is 9.84 Å². The molecule has 0 radical (unpaired) electrons. The second kappa shape index (κ2) is 5.42. The monoisotopic (exact) mass is 226 g/mol. The molecule has 0 amide bonds. The van der Waals surface area contributed by atoms with Crippen molar-refractivity contribution in [2.24, 2.45) is 0 Å². The van der Waals surface area contributed by atoms with E-state index in [1.165, 1.54) is 4.90 Å². The first-order chi connectivity index (χ1) is 7.07. The van der Waals surface area contributed by atoms with Crippen molar-refractivity contribution in [2.45, 2.75) is 29.9 Å². The molecule has 84 valence electrons. The number of aliphatic hydroxyl groups is 1. The van der Waals surface area contributed by atoms with Crippen LogP contribution < -0.4 is 4.74 Å². The maximum absolute atomic E-state index is 8.93. The fourth-order valence-electron chi connectivity index (χ4n) is 1.28. The summed E-state index contributed by atoms with van der Waals surface area (Å²) in [5.41, 5.74) is 0. The zero-order chi connectivity index (χ0) is 11.3. The van der Waals surface area contributed by atoms with Crippen LogP contribution in [0, 0.1) is 0 Å². The predicted octanol–water partition coefficient (Wildman–Crippen LogP) is 2.95. The van der Waals surface area contributed by atoms with Gasteiger partial charge >= 0.3 is 0 Å². The standard InChI is InChI=1S/C12H18O2S/c1-12(2,8-9-13)15-11-6-4-10(14-3)5-7-11/h4-7,13H,8-9H2,1-3H3. The van der Waals surface area contributed by atoms with Crippen LogP contribution in [0.2, 0.25) is 0 Å². The van der Waals surface area contributed by atoms with E-state index in [1.807, 2.05) is 24.3 Å². The van der Waals surface area contributed by atoms with Crippen LogP contribution >= 0.6 is 11.8 Å². The minimum Gasteiger partial charge on any atom is -0.497 e. The smallest absolute Gasteiger partial charge is 0.118 e. The summed E-state index contributed by atoms with van der Waals surface area (Å²) in [7, 11) is 1.66. The minimum absolute atomic E-state index is 0.0728. The van der Waals surface area contributed by atoms with Crippen LogP contribution in [0.4, 0.5) is 0 Å². The van der Waals surface area contributed by atoms with Crippen molar-refractivity contribution in [1.29, 1.82) is 0 Å². The molecule has 0 saturated heterocycles. The van der Waals surface area contributed by atoms with Gasteiger partial charge in [0, 0.05) is 16.2 Å². The number of hydrogen-bond donors (Lipinski definition) is 1. The van der Waals surface area contributed by atoms with E-state index in [0.29, 0.717) is 0 Å². The Hall–Kier alpha value is -0.670. The summed E-state index contributed by atoms with van der Waals surface area (Å²) in [5, 5.41) is 8.93. The highest BCUT2D eigenvalue weighted by Crippen LogP contribution is 2.35. The van der Waals surface area contributed by atoms with Crippen LogP contribution in [-0.4, -0.2) is 23.6 Å². The maximum Gasteiger partial charge on any atom is 0.118 e. The van der Waals surface area contributed by atoms with Crippen LogP contribution in [-0.2, 0) is 0 Å². The highest BCUT2D eigenvalue weighted by Gasteiger charge is 2.18. The van der Waals surface area contributed by atoms with Crippen molar-refractivity contribution in [3.8, 4) is 5.75 Å². The van der Waals surface area contributed by atoms with Gasteiger partial charge in [0.1, 0.15) is 5.75 Å². The number of ether oxygens (including phenoxy) is 1. The third-order valence-electron chi connectivity index (χ3n) is 2.17. The van der Waals surface area contributed by atoms with Gasteiger partial charge in [-0.15, -0.1) is 11.8 Å². The quantitative estimate of drug-likeness (QED) is 0.783. The summed E-state index contributed by atoms with van der Waals surface area (Å²) >= 11 is 1.77. The summed E-state index contributed by atoms with van der Waals surface area (Å²) in [6.45, 7) is 4.51. The lowest BCUT2D eigenvalue weighted by atomic mass is 10.1. The summed E-state index contributed by atoms with van der Waals surface area (Å²) in [6, 6.07) is 8.00. The number of thioether (sulfide) groups is 1. The number of hydrogen-bond acceptors (Lipinski definition) is 3. The van der Waals surface area contributed by atoms with Gasteiger partial charge in [-0.05, 0) is 30.7 Å². The molecule has 0 aliphatic rings. The Balaban J connectivity index is 2.64. The molecule has 15 heavy (non-hydrogen) atoms. The van der Waals surface area contributed by atoms with Crippen molar-refractivity contribution < 1.29 is 9.84 Å². The molecular formula is C12H18O2S. The third-order valence-corrected chi connectivity index (χ3v) is 3.43. The highest BCUT2D eigenvalue weighted by atomic mass is 32.2. The SMILES string of the molecule is COc1ccc(SC(C)(C)CCO)cc1. The average Bonchev–Trinajstić information content (AvgIpc) is 2.18. The van der Waals surface area contributed by atoms with Crippen LogP contribution in [0.1, 0.15) is 20.3 Å². The Morgan fingerprint density at radius 2 is 1.87 bits per heavy atom. The van der Waals surface area contributed by atoms with Gasteiger partial charge in [0.2, 0.25) is 0 Å². The zero-order valence-electron chi connectivity index (χ0n) is 9.49. The highest BCUT2D eigenvalue weighted by molar-refractivity contribution is 8.00. The van der Waals surface area contributed by atoms with Crippen LogP contribution in [0.3, 0.4) is 0 Å². The van der Waals surface area contributed by atoms with Crippen LogP contribution in [0.5, 0.6) is 5.75 Å². The molecule has 0 heterocycles. The molecule has 3 heteroatoms. The molecule has 2 nitrogen and oxygen atoms in total. The molecule has 1 N–H and O–H groups in total. The first-order valence-corrected chi connectivity index (χ1v) is 5.83. The van der Waals surface area contributed by atoms with E-state index in [0.717, 1.165) is 12.2 Å². The van der Waals surface area contributed by atoms with Gasteiger partial charge in [0.05, 0.1) is 7.11 Å². The largest absolute Gasteiger partial charge is 0.497 e. The van der Waals surface area contributed by atoms with Crippen molar-refractivity contribution in [3.05, 3.63) is 24.3 Å². The zero-order valence-corrected chi connectivity index (χ0v) is 10.3. The normalized spacial score (nSPS) is 11.5. The average molecular weight is 226 g/mol. The molecule has 0 spiro atoms. The molecule has 0 bridgehead atoms. The molecule has 1 aromatic carbocycles. The van der Waals surface area contributed by atoms with Gasteiger partial charge in [-0.2, -0.15) is 0 Å². The molecule has 1 rings (SSSR count). The van der Waals surface area contributed by atoms with Crippen LogP contribution in [0.25, 0.3) is 0 Å². The molecule has 0 unspecified atom stereocenters. The van der Waals surface area contributed by atoms with Crippen molar-refractivity contribution in [2.75, 3.05) is 13.7 Å². The van der Waals surface area contributed by atoms with Crippen molar-refractivity contribution >= 4 is 11.8 Å². The molecule has 0 aromatic heterocycles. The van der Waals surface area contributed by atoms with E-state index < -0.39 is 0 Å². The Morgan fingerprint density at radius 3 is 2.33 bits per heavy atom. The molecule has 0 aliphatic carbocycles. The molecular weight excluding hydrogens is 208 g/mol. The molecule has 0 fully saturated rings. The van der Waals surface area contributed by atoms with Gasteiger partial charge in [-0.3, -0.25) is 0 Å². The van der Waals surface area contributed by atoms with E-state index in [2.05, 4.69) is 13.8 Å². The fraction of sp³-hybridized carbons (Fsp3) is 0.500. The summed E-state index contributed by atoms with van der Waals surface area (Å²) in [5.74, 6) is 0.874. The lowest BCUT2D eigenvalue weighted by molar-refractivity contribution is 0.275. The van der Waals surface area contributed by atoms with Gasteiger partial charge < -0.3 is 9.84 Å². The second-order valence-corrected chi connectivity index (χ2v) is 5.79. The maximum atomic E-state index is 8.93. The van der Waals surface area contributed by atoms with Gasteiger partial charge in [-0.25, -0.2) is 0 Å². The Bertz CT molecular complexity index is 293. The van der Waals surface area contributed by atoms with E-state index in [1.54, 1.807) is 18.9 Å². The topological polar surface area (TPSA) is 29.5 Å².